The molecule has 0 radical (unpaired) electrons. The van der Waals surface area contributed by atoms with Crippen LogP contribution in [0.25, 0.3) is 0 Å². The Labute approximate surface area is 118 Å². The van der Waals surface area contributed by atoms with Gasteiger partial charge in [-0.15, -0.1) is 0 Å². The van der Waals surface area contributed by atoms with E-state index in [1.165, 1.54) is 7.11 Å². The summed E-state index contributed by atoms with van der Waals surface area (Å²) in [6.45, 7) is 1.71. The Morgan fingerprint density at radius 3 is 2.70 bits per heavy atom. The summed E-state index contributed by atoms with van der Waals surface area (Å²) in [7, 11) is -2.26. The lowest BCUT2D eigenvalue weighted by molar-refractivity contribution is -0.139. The van der Waals surface area contributed by atoms with E-state index in [0.29, 0.717) is 11.3 Å². The summed E-state index contributed by atoms with van der Waals surface area (Å²) in [6.07, 6.45) is -1.22. The van der Waals surface area contributed by atoms with Gasteiger partial charge in [-0.1, -0.05) is 12.1 Å². The van der Waals surface area contributed by atoms with Crippen LogP contribution in [0.15, 0.2) is 24.3 Å². The Hall–Kier alpha value is -1.60. The molecule has 1 rings (SSSR count). The monoisotopic (exact) mass is 302 g/mol. The number of benzene rings is 1. The third-order valence-electron chi connectivity index (χ3n) is 2.53. The molecule has 112 valence electrons. The smallest absolute Gasteiger partial charge is 0.321 e. The molecule has 0 saturated heterocycles. The van der Waals surface area contributed by atoms with Crippen LogP contribution in [0, 0.1) is 0 Å². The van der Waals surface area contributed by atoms with Crippen molar-refractivity contribution in [3.05, 3.63) is 29.8 Å². The quantitative estimate of drug-likeness (QED) is 0.746. The molecule has 20 heavy (non-hydrogen) atoms. The van der Waals surface area contributed by atoms with Crippen LogP contribution in [-0.4, -0.2) is 44.7 Å². The Balaban J connectivity index is 2.73. The van der Waals surface area contributed by atoms with E-state index < -0.39 is 33.4 Å². The Morgan fingerprint density at radius 1 is 1.40 bits per heavy atom. The molecule has 1 aromatic carbocycles. The normalized spacial score (nSPS) is 12.8. The van der Waals surface area contributed by atoms with Crippen LogP contribution < -0.4 is 4.74 Å². The Bertz CT molecular complexity index is 552. The number of esters is 1. The third-order valence-corrected chi connectivity index (χ3v) is 4.03. The van der Waals surface area contributed by atoms with Gasteiger partial charge in [0.2, 0.25) is 0 Å². The Kier molecular flexibility index (Phi) is 5.97. The molecule has 1 N–H and O–H groups in total. The molecular weight excluding hydrogens is 284 g/mol. The minimum atomic E-state index is -3.74. The lowest BCUT2D eigenvalue weighted by Gasteiger charge is -2.12. The maximum absolute atomic E-state index is 11.8. The van der Waals surface area contributed by atoms with Gasteiger partial charge in [0.25, 0.3) is 0 Å². The number of hydrogen-bond donors (Lipinski definition) is 1. The van der Waals surface area contributed by atoms with Crippen molar-refractivity contribution in [2.24, 2.45) is 0 Å². The van der Waals surface area contributed by atoms with Crippen molar-refractivity contribution in [3.8, 4) is 5.75 Å². The largest absolute Gasteiger partial charge is 0.497 e. The van der Waals surface area contributed by atoms with Gasteiger partial charge in [0, 0.05) is 0 Å². The molecule has 0 amide bonds. The van der Waals surface area contributed by atoms with E-state index in [4.69, 9.17) is 4.74 Å². The first-order chi connectivity index (χ1) is 9.38. The SMILES string of the molecule is CCOC(=O)CS(=O)(=O)C[C@@H](O)c1cccc(OC)c1. The highest BCUT2D eigenvalue weighted by atomic mass is 32.2. The predicted octanol–water partition coefficient (Wildman–Crippen LogP) is 0.706. The number of sulfone groups is 1. The summed E-state index contributed by atoms with van der Waals surface area (Å²) in [4.78, 5) is 11.2. The summed E-state index contributed by atoms with van der Waals surface area (Å²) < 4.78 is 33.1. The van der Waals surface area contributed by atoms with Gasteiger partial charge in [-0.2, -0.15) is 0 Å². The van der Waals surface area contributed by atoms with Crippen LogP contribution >= 0.6 is 0 Å². The van der Waals surface area contributed by atoms with Crippen molar-refractivity contribution in [2.75, 3.05) is 25.2 Å². The van der Waals surface area contributed by atoms with Crippen LogP contribution in [0.5, 0.6) is 5.75 Å². The molecule has 7 heteroatoms. The number of rotatable bonds is 7. The maximum Gasteiger partial charge on any atom is 0.321 e. The first kappa shape index (κ1) is 16.5. The average molecular weight is 302 g/mol. The Morgan fingerprint density at radius 2 is 2.10 bits per heavy atom. The first-order valence-corrected chi connectivity index (χ1v) is 7.88. The van der Waals surface area contributed by atoms with E-state index in [1.807, 2.05) is 0 Å². The summed E-state index contributed by atoms with van der Waals surface area (Å²) in [6, 6.07) is 6.47. The van der Waals surface area contributed by atoms with Gasteiger partial charge in [-0.05, 0) is 24.6 Å². The van der Waals surface area contributed by atoms with Crippen LogP contribution in [-0.2, 0) is 19.4 Å². The van der Waals surface area contributed by atoms with E-state index in [9.17, 15) is 18.3 Å². The molecule has 0 aromatic heterocycles. The number of hydrogen-bond acceptors (Lipinski definition) is 6. The minimum Gasteiger partial charge on any atom is -0.497 e. The third kappa shape index (κ3) is 5.18. The van der Waals surface area contributed by atoms with Crippen molar-refractivity contribution >= 4 is 15.8 Å². The second kappa shape index (κ2) is 7.25. The van der Waals surface area contributed by atoms with Crippen molar-refractivity contribution in [3.63, 3.8) is 0 Å². The number of methoxy groups -OCH3 is 1. The van der Waals surface area contributed by atoms with Gasteiger partial charge in [0.15, 0.2) is 9.84 Å². The average Bonchev–Trinajstić information content (AvgIpc) is 2.37. The molecule has 6 nitrogen and oxygen atoms in total. The molecule has 0 saturated carbocycles. The van der Waals surface area contributed by atoms with Crippen molar-refractivity contribution < 1.29 is 27.8 Å². The first-order valence-electron chi connectivity index (χ1n) is 6.06. The highest BCUT2D eigenvalue weighted by Crippen LogP contribution is 2.20. The van der Waals surface area contributed by atoms with Crippen LogP contribution in [0.3, 0.4) is 0 Å². The zero-order chi connectivity index (χ0) is 15.2. The van der Waals surface area contributed by atoms with E-state index in [2.05, 4.69) is 4.74 Å². The lowest BCUT2D eigenvalue weighted by Crippen LogP contribution is -2.24. The van der Waals surface area contributed by atoms with Gasteiger partial charge in [0.05, 0.1) is 25.6 Å². The summed E-state index contributed by atoms with van der Waals surface area (Å²) in [5.74, 6) is -1.57. The van der Waals surface area contributed by atoms with Gasteiger partial charge in [-0.3, -0.25) is 4.79 Å². The lowest BCUT2D eigenvalue weighted by atomic mass is 10.1. The van der Waals surface area contributed by atoms with E-state index in [-0.39, 0.29) is 6.61 Å². The molecule has 0 aliphatic heterocycles. The minimum absolute atomic E-state index is 0.118. The van der Waals surface area contributed by atoms with Crippen LogP contribution in [0.1, 0.15) is 18.6 Å². The van der Waals surface area contributed by atoms with E-state index >= 15 is 0 Å². The highest BCUT2D eigenvalue weighted by molar-refractivity contribution is 7.92. The number of aliphatic hydroxyl groups excluding tert-OH is 1. The van der Waals surface area contributed by atoms with Crippen LogP contribution in [0.4, 0.5) is 0 Å². The maximum atomic E-state index is 11.8. The molecule has 0 spiro atoms. The topological polar surface area (TPSA) is 89.9 Å². The second-order valence-corrected chi connectivity index (χ2v) is 6.26. The number of carbonyl (C=O) groups is 1. The van der Waals surface area contributed by atoms with Crippen molar-refractivity contribution in [1.82, 2.24) is 0 Å². The van der Waals surface area contributed by atoms with E-state index in [1.54, 1.807) is 31.2 Å². The summed E-state index contributed by atoms with van der Waals surface area (Å²) in [5, 5.41) is 9.93. The van der Waals surface area contributed by atoms with Gasteiger partial charge in [0.1, 0.15) is 11.5 Å². The van der Waals surface area contributed by atoms with Gasteiger partial charge < -0.3 is 14.6 Å². The second-order valence-electron chi connectivity index (χ2n) is 4.15. The molecule has 1 aromatic rings. The molecule has 0 bridgehead atoms. The molecule has 0 fully saturated rings. The number of carbonyl (C=O) groups excluding carboxylic acids is 1. The molecule has 0 unspecified atom stereocenters. The van der Waals surface area contributed by atoms with E-state index in [0.717, 1.165) is 0 Å². The zero-order valence-electron chi connectivity index (χ0n) is 11.4. The molecule has 0 aliphatic rings. The fourth-order valence-electron chi connectivity index (χ4n) is 1.63. The molecular formula is C13H18O6S. The van der Waals surface area contributed by atoms with Crippen molar-refractivity contribution in [2.45, 2.75) is 13.0 Å². The van der Waals surface area contributed by atoms with Crippen molar-refractivity contribution in [1.29, 1.82) is 0 Å². The van der Waals surface area contributed by atoms with Gasteiger partial charge in [-0.25, -0.2) is 8.42 Å². The standard InChI is InChI=1S/C13H18O6S/c1-3-19-13(15)9-20(16,17)8-12(14)10-5-4-6-11(7-10)18-2/h4-7,12,14H,3,8-9H2,1-2H3/t12-/m1/s1. The van der Waals surface area contributed by atoms with Crippen LogP contribution in [0.2, 0.25) is 0 Å². The molecule has 0 heterocycles. The number of aliphatic hydroxyl groups is 1. The predicted molar refractivity (Wildman–Crippen MR) is 73.2 cm³/mol. The summed E-state index contributed by atoms with van der Waals surface area (Å²) >= 11 is 0. The zero-order valence-corrected chi connectivity index (χ0v) is 12.2. The fourth-order valence-corrected chi connectivity index (χ4v) is 2.86. The molecule has 0 aliphatic carbocycles. The molecule has 1 atom stereocenters. The highest BCUT2D eigenvalue weighted by Gasteiger charge is 2.23. The number of ether oxygens (including phenoxy) is 2. The van der Waals surface area contributed by atoms with Gasteiger partial charge >= 0.3 is 5.97 Å². The summed E-state index contributed by atoms with van der Waals surface area (Å²) in [5.41, 5.74) is 0.414. The fraction of sp³-hybridized carbons (Fsp3) is 0.462.